The number of hydrogen-bond acceptors (Lipinski definition) is 4. The fourth-order valence-electron chi connectivity index (χ4n) is 7.94. The lowest BCUT2D eigenvalue weighted by Gasteiger charge is -2.31. The van der Waals surface area contributed by atoms with Crippen LogP contribution in [0.2, 0.25) is 0 Å². The van der Waals surface area contributed by atoms with Gasteiger partial charge < -0.3 is 4.42 Å². The van der Waals surface area contributed by atoms with Gasteiger partial charge in [0.05, 0.1) is 0 Å². The minimum absolute atomic E-state index is 0.0198. The van der Waals surface area contributed by atoms with Crippen molar-refractivity contribution in [2.75, 3.05) is 0 Å². The molecule has 9 rings (SSSR count). The van der Waals surface area contributed by atoms with Crippen LogP contribution in [0.1, 0.15) is 53.5 Å². The number of furan rings is 1. The summed E-state index contributed by atoms with van der Waals surface area (Å²) in [5.41, 5.74) is 10.9. The van der Waals surface area contributed by atoms with Crippen molar-refractivity contribution in [3.63, 3.8) is 0 Å². The average molecular weight is 698 g/mol. The van der Waals surface area contributed by atoms with Crippen LogP contribution in [-0.2, 0) is 0 Å². The van der Waals surface area contributed by atoms with Gasteiger partial charge in [-0.2, -0.15) is 0 Å². The van der Waals surface area contributed by atoms with Crippen molar-refractivity contribution in [2.24, 2.45) is 5.92 Å². The number of fused-ring (bicyclic) bond motifs is 4. The Kier molecular flexibility index (Phi) is 8.86. The number of benzene rings is 4. The van der Waals surface area contributed by atoms with Crippen LogP contribution in [0, 0.1) is 5.92 Å². The number of hydrogen-bond donors (Lipinski definition) is 0. The predicted molar refractivity (Wildman–Crippen MR) is 223 cm³/mol. The Morgan fingerprint density at radius 2 is 1.54 bits per heavy atom. The summed E-state index contributed by atoms with van der Waals surface area (Å²) in [6.45, 7) is 5.88. The monoisotopic (exact) mass is 697 g/mol. The molecule has 3 unspecified atom stereocenters. The van der Waals surface area contributed by atoms with Gasteiger partial charge in [-0.05, 0) is 58.9 Å². The molecule has 0 bridgehead atoms. The molecule has 0 radical (unpaired) electrons. The summed E-state index contributed by atoms with van der Waals surface area (Å²) in [7, 11) is 0. The Balaban J connectivity index is 1.13. The maximum atomic E-state index is 6.30. The lowest BCUT2D eigenvalue weighted by Crippen LogP contribution is -2.18. The highest BCUT2D eigenvalue weighted by Crippen LogP contribution is 2.46. The lowest BCUT2D eigenvalue weighted by atomic mass is 9.73. The number of rotatable bonds is 8. The molecular weight excluding hydrogens is 659 g/mol. The Labute approximate surface area is 316 Å². The summed E-state index contributed by atoms with van der Waals surface area (Å²) < 4.78 is 6.30. The molecule has 4 aromatic carbocycles. The second-order valence-electron chi connectivity index (χ2n) is 13.8. The van der Waals surface area contributed by atoms with Crippen molar-refractivity contribution < 1.29 is 4.42 Å². The van der Waals surface area contributed by atoms with Gasteiger partial charge in [0.15, 0.2) is 11.6 Å². The van der Waals surface area contributed by atoms with E-state index in [0.29, 0.717) is 11.6 Å². The molecule has 54 heavy (non-hydrogen) atoms. The van der Waals surface area contributed by atoms with Gasteiger partial charge in [-0.3, -0.25) is 0 Å². The summed E-state index contributed by atoms with van der Waals surface area (Å²) in [5, 5.41) is 2.32. The van der Waals surface area contributed by atoms with Gasteiger partial charge >= 0.3 is 0 Å². The van der Waals surface area contributed by atoms with Crippen LogP contribution < -0.4 is 0 Å². The first kappa shape index (κ1) is 33.2. The van der Waals surface area contributed by atoms with Gasteiger partial charge in [0, 0.05) is 39.7 Å². The summed E-state index contributed by atoms with van der Waals surface area (Å²) in [4.78, 5) is 15.6. The van der Waals surface area contributed by atoms with Crippen LogP contribution in [0.15, 0.2) is 193 Å². The van der Waals surface area contributed by atoms with Gasteiger partial charge in [0.2, 0.25) is 0 Å². The van der Waals surface area contributed by atoms with Gasteiger partial charge in [0.25, 0.3) is 0 Å². The molecule has 6 aromatic rings. The Bertz CT molecular complexity index is 2660. The summed E-state index contributed by atoms with van der Waals surface area (Å²) in [6, 6.07) is 33.7. The van der Waals surface area contributed by atoms with E-state index in [4.69, 9.17) is 19.4 Å². The largest absolute Gasteiger partial charge is 0.456 e. The molecule has 0 amide bonds. The third-order valence-corrected chi connectivity index (χ3v) is 10.7. The molecule has 0 saturated carbocycles. The zero-order chi connectivity index (χ0) is 36.4. The second kappa shape index (κ2) is 14.4. The van der Waals surface area contributed by atoms with E-state index >= 15 is 0 Å². The molecule has 0 aliphatic heterocycles. The normalized spacial score (nSPS) is 19.5. The maximum absolute atomic E-state index is 6.30. The van der Waals surface area contributed by atoms with E-state index in [0.717, 1.165) is 51.1 Å². The molecule has 0 N–H and O–H groups in total. The Hall–Kier alpha value is -6.65. The summed E-state index contributed by atoms with van der Waals surface area (Å²) in [5.74, 6) is 2.36. The van der Waals surface area contributed by atoms with E-state index in [1.54, 1.807) is 6.08 Å². The fourth-order valence-corrected chi connectivity index (χ4v) is 7.94. The average Bonchev–Trinajstić information content (AvgIpc) is 3.63. The molecule has 2 aromatic heterocycles. The molecule has 0 saturated heterocycles. The topological polar surface area (TPSA) is 51.8 Å². The zero-order valence-electron chi connectivity index (χ0n) is 30.1. The first-order valence-corrected chi connectivity index (χ1v) is 18.6. The highest BCUT2D eigenvalue weighted by atomic mass is 16.3. The molecule has 4 nitrogen and oxygen atoms in total. The van der Waals surface area contributed by atoms with E-state index in [1.807, 2.05) is 25.1 Å². The molecule has 3 atom stereocenters. The summed E-state index contributed by atoms with van der Waals surface area (Å²) in [6.07, 6.45) is 28.8. The quantitative estimate of drug-likeness (QED) is 0.149. The molecule has 0 fully saturated rings. The molecule has 4 heteroatoms. The molecule has 3 aliphatic carbocycles. The molecule has 260 valence electrons. The number of allylic oxidation sites excluding steroid dienone is 17. The van der Waals surface area contributed by atoms with Crippen LogP contribution in [0.5, 0.6) is 0 Å². The van der Waals surface area contributed by atoms with Crippen molar-refractivity contribution in [3.8, 4) is 11.4 Å². The van der Waals surface area contributed by atoms with Crippen LogP contribution in [0.4, 0.5) is 0 Å². The fraction of sp³-hybridized carbons (Fsp3) is 0.100. The van der Waals surface area contributed by atoms with Gasteiger partial charge in [-0.15, -0.1) is 0 Å². The van der Waals surface area contributed by atoms with E-state index < -0.39 is 0 Å². The number of para-hydroxylation sites is 1. The zero-order valence-corrected chi connectivity index (χ0v) is 30.1. The predicted octanol–water partition coefficient (Wildman–Crippen LogP) is 12.6. The second-order valence-corrected chi connectivity index (χ2v) is 13.8. The maximum Gasteiger partial charge on any atom is 0.164 e. The Morgan fingerprint density at radius 3 is 2.35 bits per heavy atom. The van der Waals surface area contributed by atoms with E-state index in [9.17, 15) is 0 Å². The van der Waals surface area contributed by atoms with Crippen molar-refractivity contribution in [3.05, 3.63) is 217 Å². The summed E-state index contributed by atoms with van der Waals surface area (Å²) >= 11 is 0. The van der Waals surface area contributed by atoms with Gasteiger partial charge in [-0.25, -0.2) is 15.0 Å². The minimum Gasteiger partial charge on any atom is -0.456 e. The third-order valence-electron chi connectivity index (χ3n) is 10.7. The van der Waals surface area contributed by atoms with E-state index in [1.165, 1.54) is 27.7 Å². The highest BCUT2D eigenvalue weighted by Gasteiger charge is 2.31. The Morgan fingerprint density at radius 1 is 0.722 bits per heavy atom. The van der Waals surface area contributed by atoms with Crippen LogP contribution in [0.3, 0.4) is 0 Å². The third kappa shape index (κ3) is 6.16. The first-order chi connectivity index (χ1) is 26.7. The van der Waals surface area contributed by atoms with Crippen molar-refractivity contribution in [1.82, 2.24) is 15.0 Å². The lowest BCUT2D eigenvalue weighted by molar-refractivity contribution is 0.662. The molecule has 2 heterocycles. The first-order valence-electron chi connectivity index (χ1n) is 18.6. The van der Waals surface area contributed by atoms with Crippen LogP contribution >= 0.6 is 0 Å². The number of aromatic nitrogens is 3. The van der Waals surface area contributed by atoms with Crippen LogP contribution in [-0.4, -0.2) is 15.0 Å². The molecule has 3 aliphatic rings. The van der Waals surface area contributed by atoms with Gasteiger partial charge in [-0.1, -0.05) is 170 Å². The standard InChI is InChI=1S/C50H39N3O/c1-3-5-14-33(4-2)35-23-27-37(28-24-35)48-51-49(38-29-25-36(26-30-38)34-15-7-6-8-16-34)53-50(52-48)43-32-31-41(39-17-9-10-18-40(39)43)42-20-13-22-46-47(42)44-19-11-12-21-45(44)54-46/h3-29,31-32,38-39,41H,1,30H2,2H3/b14-5-,33-4+. The van der Waals surface area contributed by atoms with Crippen LogP contribution in [0.25, 0.3) is 50.0 Å². The SMILES string of the molecule is C=C/C=C\C(=C/C)c1ccc(-c2nc(C3=C4C=CC=CC4C(c4cccc5oc6ccccc6c45)C=C3)nc(C3C=CC(c4ccccc4)=CC3)n2)cc1. The van der Waals surface area contributed by atoms with E-state index in [2.05, 4.69) is 158 Å². The van der Waals surface area contributed by atoms with Gasteiger partial charge in [0.1, 0.15) is 17.0 Å². The number of nitrogens with zero attached hydrogens (tertiary/aromatic N) is 3. The van der Waals surface area contributed by atoms with Crippen molar-refractivity contribution >= 4 is 38.7 Å². The van der Waals surface area contributed by atoms with E-state index in [-0.39, 0.29) is 17.8 Å². The molecular formula is C50H39N3O. The van der Waals surface area contributed by atoms with Crippen molar-refractivity contribution in [2.45, 2.75) is 25.2 Å². The molecule has 0 spiro atoms. The minimum atomic E-state index is 0.0198. The highest BCUT2D eigenvalue weighted by molar-refractivity contribution is 6.07. The van der Waals surface area contributed by atoms with Crippen molar-refractivity contribution in [1.29, 1.82) is 0 Å². The smallest absolute Gasteiger partial charge is 0.164 e.